The summed E-state index contributed by atoms with van der Waals surface area (Å²) >= 11 is 0. The Bertz CT molecular complexity index is 960. The highest BCUT2D eigenvalue weighted by molar-refractivity contribution is 5.93. The third kappa shape index (κ3) is 3.37. The molecule has 7 nitrogen and oxygen atoms in total. The van der Waals surface area contributed by atoms with Gasteiger partial charge < -0.3 is 14.4 Å². The molecule has 0 saturated carbocycles. The number of ether oxygens (including phenoxy) is 2. The Labute approximate surface area is 164 Å². The SMILES string of the molecule is COC1CN(Cc2ccc3[nH]nc(-c4ccnc(N5CCOCC5)c4)c3c2)C1. The highest BCUT2D eigenvalue weighted by Gasteiger charge is 2.26. The molecular formula is C21H25N5O2. The molecular weight excluding hydrogens is 354 g/mol. The Morgan fingerprint density at radius 2 is 2.04 bits per heavy atom. The number of H-pyrrole nitrogens is 1. The van der Waals surface area contributed by atoms with Crippen LogP contribution in [0.15, 0.2) is 36.5 Å². The number of hydrogen-bond acceptors (Lipinski definition) is 6. The number of likely N-dealkylation sites (tertiary alicyclic amines) is 1. The van der Waals surface area contributed by atoms with Crippen molar-refractivity contribution in [3.63, 3.8) is 0 Å². The van der Waals surface area contributed by atoms with Crippen molar-refractivity contribution < 1.29 is 9.47 Å². The molecule has 2 fully saturated rings. The van der Waals surface area contributed by atoms with Crippen molar-refractivity contribution in [3.05, 3.63) is 42.1 Å². The van der Waals surface area contributed by atoms with Gasteiger partial charge in [-0.3, -0.25) is 10.00 Å². The van der Waals surface area contributed by atoms with E-state index in [1.165, 1.54) is 5.56 Å². The van der Waals surface area contributed by atoms with E-state index in [0.29, 0.717) is 6.10 Å². The number of methoxy groups -OCH3 is 1. The van der Waals surface area contributed by atoms with E-state index >= 15 is 0 Å². The van der Waals surface area contributed by atoms with Crippen LogP contribution in [0.1, 0.15) is 5.56 Å². The second-order valence-corrected chi connectivity index (χ2v) is 7.51. The van der Waals surface area contributed by atoms with E-state index in [9.17, 15) is 0 Å². The zero-order valence-electron chi connectivity index (χ0n) is 16.1. The molecule has 0 radical (unpaired) electrons. The first-order valence-corrected chi connectivity index (χ1v) is 9.81. The van der Waals surface area contributed by atoms with Crippen LogP contribution in [-0.2, 0) is 16.0 Å². The van der Waals surface area contributed by atoms with Gasteiger partial charge in [0.2, 0.25) is 0 Å². The fourth-order valence-corrected chi connectivity index (χ4v) is 3.97. The Morgan fingerprint density at radius 1 is 1.18 bits per heavy atom. The van der Waals surface area contributed by atoms with Gasteiger partial charge in [0, 0.05) is 57.0 Å². The molecule has 28 heavy (non-hydrogen) atoms. The van der Waals surface area contributed by atoms with Gasteiger partial charge >= 0.3 is 0 Å². The molecule has 1 aromatic carbocycles. The topological polar surface area (TPSA) is 66.5 Å². The largest absolute Gasteiger partial charge is 0.379 e. The number of nitrogens with one attached hydrogen (secondary N) is 1. The Balaban J connectivity index is 1.42. The first-order valence-electron chi connectivity index (χ1n) is 9.81. The summed E-state index contributed by atoms with van der Waals surface area (Å²) in [6.07, 6.45) is 2.25. The summed E-state index contributed by atoms with van der Waals surface area (Å²) in [5.41, 5.74) is 4.42. The van der Waals surface area contributed by atoms with Crippen LogP contribution in [0.25, 0.3) is 22.2 Å². The van der Waals surface area contributed by atoms with Gasteiger partial charge in [0.05, 0.1) is 24.8 Å². The summed E-state index contributed by atoms with van der Waals surface area (Å²) in [6.45, 7) is 6.19. The van der Waals surface area contributed by atoms with Gasteiger partial charge in [-0.1, -0.05) is 6.07 Å². The summed E-state index contributed by atoms with van der Waals surface area (Å²) in [7, 11) is 1.78. The number of rotatable bonds is 5. The molecule has 0 atom stereocenters. The van der Waals surface area contributed by atoms with Gasteiger partial charge in [-0.25, -0.2) is 4.98 Å². The molecule has 0 amide bonds. The maximum atomic E-state index is 5.46. The standard InChI is InChI=1S/C21H25N5O2/c1-27-17-13-25(14-17)12-15-2-3-19-18(10-15)21(24-23-19)16-4-5-22-20(11-16)26-6-8-28-9-7-26/h2-5,10-11,17H,6-9,12-14H2,1H3,(H,23,24). The first-order chi connectivity index (χ1) is 13.8. The molecule has 4 heterocycles. The predicted octanol–water partition coefficient (Wildman–Crippen LogP) is 2.29. The molecule has 0 spiro atoms. The van der Waals surface area contributed by atoms with Gasteiger partial charge in [0.1, 0.15) is 11.5 Å². The third-order valence-electron chi connectivity index (χ3n) is 5.64. The number of aromatic amines is 1. The van der Waals surface area contributed by atoms with Crippen LogP contribution in [-0.4, -0.2) is 72.7 Å². The third-order valence-corrected chi connectivity index (χ3v) is 5.64. The Morgan fingerprint density at radius 3 is 2.86 bits per heavy atom. The van der Waals surface area contributed by atoms with E-state index in [1.807, 2.05) is 12.3 Å². The van der Waals surface area contributed by atoms with Crippen LogP contribution in [0, 0.1) is 0 Å². The van der Waals surface area contributed by atoms with Crippen molar-refractivity contribution in [1.82, 2.24) is 20.1 Å². The quantitative estimate of drug-likeness (QED) is 0.734. The summed E-state index contributed by atoms with van der Waals surface area (Å²) in [6, 6.07) is 10.7. The fraction of sp³-hybridized carbons (Fsp3) is 0.429. The lowest BCUT2D eigenvalue weighted by Crippen LogP contribution is -2.50. The number of fused-ring (bicyclic) bond motifs is 1. The molecule has 2 aromatic heterocycles. The molecule has 5 rings (SSSR count). The molecule has 7 heteroatoms. The summed E-state index contributed by atoms with van der Waals surface area (Å²) in [4.78, 5) is 9.23. The zero-order chi connectivity index (χ0) is 18.9. The van der Waals surface area contributed by atoms with Crippen LogP contribution in [0.2, 0.25) is 0 Å². The number of aromatic nitrogens is 3. The van der Waals surface area contributed by atoms with Crippen molar-refractivity contribution in [3.8, 4) is 11.3 Å². The molecule has 146 valence electrons. The Kier molecular flexibility index (Phi) is 4.72. The average Bonchev–Trinajstić information content (AvgIpc) is 3.14. The van der Waals surface area contributed by atoms with Gasteiger partial charge in [0.15, 0.2) is 0 Å². The Hall–Kier alpha value is -2.48. The van der Waals surface area contributed by atoms with Crippen molar-refractivity contribution in [2.75, 3.05) is 51.4 Å². The molecule has 0 bridgehead atoms. The lowest BCUT2D eigenvalue weighted by molar-refractivity contribution is -0.0333. The van der Waals surface area contributed by atoms with Crippen LogP contribution in [0.4, 0.5) is 5.82 Å². The monoisotopic (exact) mass is 379 g/mol. The van der Waals surface area contributed by atoms with Crippen LogP contribution in [0.5, 0.6) is 0 Å². The first kappa shape index (κ1) is 17.6. The van der Waals surface area contributed by atoms with E-state index < -0.39 is 0 Å². The van der Waals surface area contributed by atoms with Crippen molar-refractivity contribution in [1.29, 1.82) is 0 Å². The minimum Gasteiger partial charge on any atom is -0.379 e. The maximum Gasteiger partial charge on any atom is 0.129 e. The molecule has 0 unspecified atom stereocenters. The van der Waals surface area contributed by atoms with E-state index in [4.69, 9.17) is 9.47 Å². The highest BCUT2D eigenvalue weighted by Crippen LogP contribution is 2.29. The smallest absolute Gasteiger partial charge is 0.129 e. The van der Waals surface area contributed by atoms with Gasteiger partial charge in [-0.05, 0) is 29.8 Å². The molecule has 0 aliphatic carbocycles. The van der Waals surface area contributed by atoms with E-state index in [2.05, 4.69) is 49.2 Å². The molecule has 2 aliphatic heterocycles. The lowest BCUT2D eigenvalue weighted by Gasteiger charge is -2.38. The van der Waals surface area contributed by atoms with Crippen LogP contribution >= 0.6 is 0 Å². The summed E-state index contributed by atoms with van der Waals surface area (Å²) < 4.78 is 10.8. The van der Waals surface area contributed by atoms with Crippen molar-refractivity contribution in [2.45, 2.75) is 12.6 Å². The normalized spacial score (nSPS) is 18.5. The number of anilines is 1. The number of benzene rings is 1. The summed E-state index contributed by atoms with van der Waals surface area (Å²) in [5, 5.41) is 8.93. The van der Waals surface area contributed by atoms with E-state index in [-0.39, 0.29) is 0 Å². The molecule has 2 saturated heterocycles. The van der Waals surface area contributed by atoms with Gasteiger partial charge in [0.25, 0.3) is 0 Å². The summed E-state index contributed by atoms with van der Waals surface area (Å²) in [5.74, 6) is 0.985. The second-order valence-electron chi connectivity index (χ2n) is 7.51. The molecule has 2 aliphatic rings. The molecule has 1 N–H and O–H groups in total. The average molecular weight is 379 g/mol. The number of pyridine rings is 1. The minimum atomic E-state index is 0.378. The highest BCUT2D eigenvalue weighted by atomic mass is 16.5. The maximum absolute atomic E-state index is 5.46. The second kappa shape index (κ2) is 7.50. The van der Waals surface area contributed by atoms with Crippen LogP contribution in [0.3, 0.4) is 0 Å². The zero-order valence-corrected chi connectivity index (χ0v) is 16.1. The predicted molar refractivity (Wildman–Crippen MR) is 108 cm³/mol. The van der Waals surface area contributed by atoms with Crippen molar-refractivity contribution >= 4 is 16.7 Å². The number of morpholine rings is 1. The fourth-order valence-electron chi connectivity index (χ4n) is 3.97. The van der Waals surface area contributed by atoms with Crippen LogP contribution < -0.4 is 4.90 Å². The number of hydrogen-bond donors (Lipinski definition) is 1. The minimum absolute atomic E-state index is 0.378. The van der Waals surface area contributed by atoms with Crippen molar-refractivity contribution in [2.24, 2.45) is 0 Å². The molecule has 3 aromatic rings. The van der Waals surface area contributed by atoms with E-state index in [1.54, 1.807) is 7.11 Å². The lowest BCUT2D eigenvalue weighted by atomic mass is 10.0. The van der Waals surface area contributed by atoms with Gasteiger partial charge in [-0.2, -0.15) is 5.10 Å². The van der Waals surface area contributed by atoms with E-state index in [0.717, 1.165) is 73.9 Å². The number of nitrogens with zero attached hydrogens (tertiary/aromatic N) is 4. The van der Waals surface area contributed by atoms with Gasteiger partial charge in [-0.15, -0.1) is 0 Å².